The summed E-state index contributed by atoms with van der Waals surface area (Å²) in [6.07, 6.45) is 5.32. The van der Waals surface area contributed by atoms with Crippen LogP contribution in [0.5, 0.6) is 0 Å². The van der Waals surface area contributed by atoms with Gasteiger partial charge in [0.1, 0.15) is 5.82 Å². The van der Waals surface area contributed by atoms with Gasteiger partial charge in [0.05, 0.1) is 11.4 Å². The van der Waals surface area contributed by atoms with Crippen molar-refractivity contribution in [2.24, 2.45) is 0 Å². The number of aromatic nitrogens is 2. The van der Waals surface area contributed by atoms with Crippen LogP contribution in [0.2, 0.25) is 0 Å². The molecule has 0 radical (unpaired) electrons. The van der Waals surface area contributed by atoms with Gasteiger partial charge in [-0.15, -0.1) is 0 Å². The van der Waals surface area contributed by atoms with Crippen LogP contribution in [0, 0.1) is 0 Å². The predicted molar refractivity (Wildman–Crippen MR) is 92.4 cm³/mol. The lowest BCUT2D eigenvalue weighted by molar-refractivity contribution is 0.0950. The fraction of sp³-hybridized carbons (Fsp3) is 0.375. The van der Waals surface area contributed by atoms with Gasteiger partial charge in [-0.2, -0.15) is 0 Å². The molecular formula is C16H21N5O3S. The molecule has 25 heavy (non-hydrogen) atoms. The van der Waals surface area contributed by atoms with E-state index < -0.39 is 10.0 Å². The topological polar surface area (TPSA) is 116 Å². The van der Waals surface area contributed by atoms with Crippen LogP contribution < -0.4 is 15.4 Å². The molecule has 1 fully saturated rings. The number of imidazole rings is 1. The molecule has 2 aromatic rings. The van der Waals surface area contributed by atoms with Crippen molar-refractivity contribution in [1.82, 2.24) is 25.3 Å². The maximum absolute atomic E-state index is 12.3. The third kappa shape index (κ3) is 4.65. The number of hydrogen-bond donors (Lipinski definition) is 4. The van der Waals surface area contributed by atoms with Gasteiger partial charge in [-0.05, 0) is 43.7 Å². The Bertz CT molecular complexity index is 797. The highest BCUT2D eigenvalue weighted by atomic mass is 32.2. The van der Waals surface area contributed by atoms with E-state index in [4.69, 9.17) is 0 Å². The number of carbonyl (C=O) groups excluding carboxylic acids is 1. The molecule has 1 aliphatic rings. The molecule has 0 spiro atoms. The SMILES string of the molecule is O=C(NCc1ncc[nH]1)c1ccc(S(=O)(=O)NC[C@H]2CCCN2)cc1. The number of amides is 1. The van der Waals surface area contributed by atoms with Crippen molar-refractivity contribution in [2.45, 2.75) is 30.3 Å². The van der Waals surface area contributed by atoms with E-state index in [1.165, 1.54) is 24.3 Å². The lowest BCUT2D eigenvalue weighted by atomic mass is 10.2. The lowest BCUT2D eigenvalue weighted by Gasteiger charge is -2.12. The van der Waals surface area contributed by atoms with Crippen molar-refractivity contribution < 1.29 is 13.2 Å². The van der Waals surface area contributed by atoms with Gasteiger partial charge < -0.3 is 15.6 Å². The molecule has 134 valence electrons. The van der Waals surface area contributed by atoms with Gasteiger partial charge in [0.15, 0.2) is 0 Å². The van der Waals surface area contributed by atoms with Crippen molar-refractivity contribution >= 4 is 15.9 Å². The van der Waals surface area contributed by atoms with Gasteiger partial charge in [0, 0.05) is 30.5 Å². The molecule has 4 N–H and O–H groups in total. The first-order valence-corrected chi connectivity index (χ1v) is 9.62. The molecule has 1 saturated heterocycles. The van der Waals surface area contributed by atoms with Crippen molar-refractivity contribution in [2.75, 3.05) is 13.1 Å². The van der Waals surface area contributed by atoms with Crippen LogP contribution in [-0.2, 0) is 16.6 Å². The molecule has 1 aromatic heterocycles. The van der Waals surface area contributed by atoms with Crippen LogP contribution in [0.15, 0.2) is 41.6 Å². The number of carbonyl (C=O) groups is 1. The van der Waals surface area contributed by atoms with Crippen LogP contribution in [-0.4, -0.2) is 43.4 Å². The van der Waals surface area contributed by atoms with Gasteiger partial charge in [-0.25, -0.2) is 18.1 Å². The van der Waals surface area contributed by atoms with Crippen LogP contribution in [0.4, 0.5) is 0 Å². The molecule has 3 rings (SSSR count). The molecule has 1 aliphatic heterocycles. The standard InChI is InChI=1S/C16H21N5O3S/c22-16(20-11-15-18-8-9-19-15)12-3-5-14(6-4-12)25(23,24)21-10-13-2-1-7-17-13/h3-6,8-9,13,17,21H,1-2,7,10-11H2,(H,18,19)(H,20,22)/t13-/m1/s1. The molecule has 0 unspecified atom stereocenters. The summed E-state index contributed by atoms with van der Waals surface area (Å²) in [6, 6.07) is 6.06. The summed E-state index contributed by atoms with van der Waals surface area (Å²) < 4.78 is 27.2. The number of H-pyrrole nitrogens is 1. The van der Waals surface area contributed by atoms with E-state index in [1.54, 1.807) is 12.4 Å². The van der Waals surface area contributed by atoms with Gasteiger partial charge in [0.2, 0.25) is 10.0 Å². The summed E-state index contributed by atoms with van der Waals surface area (Å²) in [5.41, 5.74) is 0.392. The van der Waals surface area contributed by atoms with Gasteiger partial charge in [0.25, 0.3) is 5.91 Å². The second-order valence-corrected chi connectivity index (χ2v) is 7.66. The zero-order valence-corrected chi connectivity index (χ0v) is 14.5. The zero-order valence-electron chi connectivity index (χ0n) is 13.7. The smallest absolute Gasteiger partial charge is 0.251 e. The molecule has 0 bridgehead atoms. The Morgan fingerprint density at radius 3 is 2.72 bits per heavy atom. The second kappa shape index (κ2) is 7.77. The number of benzene rings is 1. The minimum Gasteiger partial charge on any atom is -0.347 e. The first-order valence-electron chi connectivity index (χ1n) is 8.14. The van der Waals surface area contributed by atoms with Gasteiger partial charge in [-0.1, -0.05) is 0 Å². The Kier molecular flexibility index (Phi) is 5.47. The van der Waals surface area contributed by atoms with E-state index in [1.807, 2.05) is 0 Å². The minimum atomic E-state index is -3.57. The Hall–Kier alpha value is -2.23. The quantitative estimate of drug-likeness (QED) is 0.567. The third-order valence-electron chi connectivity index (χ3n) is 4.08. The van der Waals surface area contributed by atoms with E-state index in [9.17, 15) is 13.2 Å². The average molecular weight is 363 g/mol. The number of sulfonamides is 1. The monoisotopic (exact) mass is 363 g/mol. The summed E-state index contributed by atoms with van der Waals surface area (Å²) >= 11 is 0. The minimum absolute atomic E-state index is 0.146. The maximum atomic E-state index is 12.3. The summed E-state index contributed by atoms with van der Waals surface area (Å²) in [7, 11) is -3.57. The number of aromatic amines is 1. The first-order chi connectivity index (χ1) is 12.0. The van der Waals surface area contributed by atoms with E-state index in [-0.39, 0.29) is 23.4 Å². The number of hydrogen-bond acceptors (Lipinski definition) is 5. The van der Waals surface area contributed by atoms with Crippen molar-refractivity contribution in [3.63, 3.8) is 0 Å². The number of nitrogens with zero attached hydrogens (tertiary/aromatic N) is 1. The number of nitrogens with one attached hydrogen (secondary N) is 4. The molecule has 2 heterocycles. The fourth-order valence-electron chi connectivity index (χ4n) is 2.67. The Balaban J connectivity index is 1.57. The maximum Gasteiger partial charge on any atom is 0.251 e. The predicted octanol–water partition coefficient (Wildman–Crippen LogP) is 0.370. The average Bonchev–Trinajstić information content (AvgIpc) is 3.31. The molecule has 8 nitrogen and oxygen atoms in total. The molecule has 9 heteroatoms. The Morgan fingerprint density at radius 1 is 1.28 bits per heavy atom. The highest BCUT2D eigenvalue weighted by molar-refractivity contribution is 7.89. The van der Waals surface area contributed by atoms with Crippen LogP contribution in [0.25, 0.3) is 0 Å². The summed E-state index contributed by atoms with van der Waals surface area (Å²) in [5.74, 6) is 0.362. The zero-order chi connectivity index (χ0) is 17.7. The third-order valence-corrected chi connectivity index (χ3v) is 5.52. The van der Waals surface area contributed by atoms with Crippen LogP contribution >= 0.6 is 0 Å². The Morgan fingerprint density at radius 2 is 2.08 bits per heavy atom. The van der Waals surface area contributed by atoms with E-state index in [0.29, 0.717) is 17.9 Å². The van der Waals surface area contributed by atoms with Crippen LogP contribution in [0.3, 0.4) is 0 Å². The summed E-state index contributed by atoms with van der Waals surface area (Å²) in [5, 5.41) is 5.96. The van der Waals surface area contributed by atoms with Crippen molar-refractivity contribution in [1.29, 1.82) is 0 Å². The van der Waals surface area contributed by atoms with Crippen LogP contribution in [0.1, 0.15) is 29.0 Å². The van der Waals surface area contributed by atoms with E-state index in [2.05, 4.69) is 25.3 Å². The molecule has 1 aromatic carbocycles. The van der Waals surface area contributed by atoms with E-state index >= 15 is 0 Å². The normalized spacial score (nSPS) is 17.5. The van der Waals surface area contributed by atoms with E-state index in [0.717, 1.165) is 19.4 Å². The highest BCUT2D eigenvalue weighted by Crippen LogP contribution is 2.12. The summed E-state index contributed by atoms with van der Waals surface area (Å²) in [6.45, 7) is 1.57. The molecule has 0 saturated carbocycles. The largest absolute Gasteiger partial charge is 0.347 e. The molecule has 1 amide bonds. The van der Waals surface area contributed by atoms with Gasteiger partial charge in [-0.3, -0.25) is 4.79 Å². The second-order valence-electron chi connectivity index (χ2n) is 5.89. The van der Waals surface area contributed by atoms with Crippen molar-refractivity contribution in [3.8, 4) is 0 Å². The molecule has 0 aliphatic carbocycles. The van der Waals surface area contributed by atoms with Gasteiger partial charge >= 0.3 is 0 Å². The lowest BCUT2D eigenvalue weighted by Crippen LogP contribution is -2.37. The fourth-order valence-corrected chi connectivity index (χ4v) is 3.75. The molecule has 1 atom stereocenters. The molecular weight excluding hydrogens is 342 g/mol. The summed E-state index contributed by atoms with van der Waals surface area (Å²) in [4.78, 5) is 19.1. The Labute approximate surface area is 146 Å². The number of rotatable bonds is 7. The highest BCUT2D eigenvalue weighted by Gasteiger charge is 2.19. The van der Waals surface area contributed by atoms with Crippen molar-refractivity contribution in [3.05, 3.63) is 48.0 Å². The first kappa shape index (κ1) is 17.6.